The third-order valence-corrected chi connectivity index (χ3v) is 6.26. The Hall–Kier alpha value is -2.70. The van der Waals surface area contributed by atoms with Crippen LogP contribution in [0.5, 0.6) is 0 Å². The molecule has 4 nitrogen and oxygen atoms in total. The minimum Gasteiger partial charge on any atom is -0.410 e. The highest BCUT2D eigenvalue weighted by Gasteiger charge is 2.26. The summed E-state index contributed by atoms with van der Waals surface area (Å²) in [5, 5.41) is 10.2. The lowest BCUT2D eigenvalue weighted by Crippen LogP contribution is -2.10. The molecule has 0 saturated carbocycles. The number of hydrogen-bond donors (Lipinski definition) is 0. The minimum atomic E-state index is -0.458. The lowest BCUT2D eigenvalue weighted by Gasteiger charge is -2.14. The van der Waals surface area contributed by atoms with Gasteiger partial charge in [-0.2, -0.15) is 0 Å². The number of benzene rings is 2. The Balaban J connectivity index is 1.66. The number of hydrogen-bond acceptors (Lipinski definition) is 6. The number of Topliss-reactive ketones (excluding diaryl/α,β-unsaturated/α-hetero) is 1. The fourth-order valence-electron chi connectivity index (χ4n) is 2.74. The zero-order chi connectivity index (χ0) is 19.5. The van der Waals surface area contributed by atoms with Gasteiger partial charge in [-0.25, -0.2) is 0 Å². The van der Waals surface area contributed by atoms with Gasteiger partial charge in [0, 0.05) is 5.56 Å². The van der Waals surface area contributed by atoms with Gasteiger partial charge in [0.05, 0.1) is 4.88 Å². The van der Waals surface area contributed by atoms with Crippen LogP contribution in [0.3, 0.4) is 0 Å². The molecular weight excluding hydrogens is 388 g/mol. The molecule has 4 aromatic rings. The number of carbonyl (C=O) groups excluding carboxylic acids is 1. The van der Waals surface area contributed by atoms with Crippen molar-refractivity contribution in [2.45, 2.75) is 24.3 Å². The first-order valence-corrected chi connectivity index (χ1v) is 10.6. The molecule has 4 rings (SSSR count). The molecule has 0 amide bonds. The average Bonchev–Trinajstić information content (AvgIpc) is 3.39. The summed E-state index contributed by atoms with van der Waals surface area (Å²) in [6.45, 7) is 4.03. The fourth-order valence-corrected chi connectivity index (χ4v) is 4.34. The Morgan fingerprint density at radius 2 is 1.64 bits per heavy atom. The van der Waals surface area contributed by atoms with Crippen LogP contribution in [0.2, 0.25) is 0 Å². The summed E-state index contributed by atoms with van der Waals surface area (Å²) < 4.78 is 5.81. The number of thioether (sulfide) groups is 1. The molecule has 140 valence electrons. The molecule has 1 atom stereocenters. The summed E-state index contributed by atoms with van der Waals surface area (Å²) >= 11 is 2.83. The van der Waals surface area contributed by atoms with Crippen LogP contribution in [0, 0.1) is 13.8 Å². The Morgan fingerprint density at radius 3 is 2.29 bits per heavy atom. The molecule has 28 heavy (non-hydrogen) atoms. The fraction of sp³-hybridized carbons (Fsp3) is 0.136. The molecule has 2 aromatic heterocycles. The third kappa shape index (κ3) is 4.08. The van der Waals surface area contributed by atoms with Crippen molar-refractivity contribution in [3.8, 4) is 10.8 Å². The van der Waals surface area contributed by atoms with Crippen LogP contribution >= 0.6 is 23.1 Å². The third-order valence-electron chi connectivity index (χ3n) is 4.31. The summed E-state index contributed by atoms with van der Waals surface area (Å²) in [4.78, 5) is 14.2. The van der Waals surface area contributed by atoms with E-state index < -0.39 is 5.25 Å². The van der Waals surface area contributed by atoms with E-state index in [9.17, 15) is 4.79 Å². The van der Waals surface area contributed by atoms with Crippen molar-refractivity contribution in [1.82, 2.24) is 10.2 Å². The van der Waals surface area contributed by atoms with Gasteiger partial charge in [-0.3, -0.25) is 4.79 Å². The van der Waals surface area contributed by atoms with E-state index >= 15 is 0 Å². The van der Waals surface area contributed by atoms with Gasteiger partial charge >= 0.3 is 0 Å². The number of aryl methyl sites for hydroxylation is 2. The van der Waals surface area contributed by atoms with E-state index in [1.54, 1.807) is 0 Å². The predicted molar refractivity (Wildman–Crippen MR) is 113 cm³/mol. The van der Waals surface area contributed by atoms with Crippen molar-refractivity contribution in [3.63, 3.8) is 0 Å². The summed E-state index contributed by atoms with van der Waals surface area (Å²) in [5.74, 6) is 0.493. The molecule has 0 saturated heterocycles. The average molecular weight is 407 g/mol. The molecule has 0 spiro atoms. The molecule has 0 fully saturated rings. The lowest BCUT2D eigenvalue weighted by atomic mass is 10.0. The molecule has 0 aliphatic heterocycles. The van der Waals surface area contributed by atoms with Crippen molar-refractivity contribution in [3.05, 3.63) is 88.3 Å². The molecule has 0 aliphatic rings. The monoisotopic (exact) mass is 406 g/mol. The second-order valence-corrected chi connectivity index (χ2v) is 8.49. The van der Waals surface area contributed by atoms with Gasteiger partial charge in [-0.1, -0.05) is 65.7 Å². The number of carbonyl (C=O) groups is 1. The maximum atomic E-state index is 13.3. The topological polar surface area (TPSA) is 56.0 Å². The smallest absolute Gasteiger partial charge is 0.277 e. The summed E-state index contributed by atoms with van der Waals surface area (Å²) in [5.41, 5.74) is 3.85. The van der Waals surface area contributed by atoms with E-state index in [1.807, 2.05) is 79.9 Å². The highest BCUT2D eigenvalue weighted by Crippen LogP contribution is 2.38. The SMILES string of the molecule is Cc1ccc(C(=O)C(Sc2nnc(-c3cccs3)o2)c2ccc(C)cc2)cc1. The highest BCUT2D eigenvalue weighted by atomic mass is 32.2. The van der Waals surface area contributed by atoms with Gasteiger partial charge in [0.15, 0.2) is 5.78 Å². The number of nitrogens with zero attached hydrogens (tertiary/aromatic N) is 2. The molecule has 0 radical (unpaired) electrons. The molecular formula is C22H18N2O2S2. The van der Waals surface area contributed by atoms with Crippen LogP contribution in [0.4, 0.5) is 0 Å². The van der Waals surface area contributed by atoms with Crippen molar-refractivity contribution in [2.75, 3.05) is 0 Å². The second-order valence-electron chi connectivity index (χ2n) is 6.49. The Morgan fingerprint density at radius 1 is 0.964 bits per heavy atom. The number of rotatable bonds is 6. The van der Waals surface area contributed by atoms with Gasteiger partial charge in [0.2, 0.25) is 0 Å². The molecule has 0 bridgehead atoms. The van der Waals surface area contributed by atoms with E-state index in [0.29, 0.717) is 16.7 Å². The van der Waals surface area contributed by atoms with E-state index in [0.717, 1.165) is 21.6 Å². The van der Waals surface area contributed by atoms with Crippen molar-refractivity contribution < 1.29 is 9.21 Å². The number of thiophene rings is 1. The molecule has 6 heteroatoms. The molecule has 2 heterocycles. The van der Waals surface area contributed by atoms with Crippen LogP contribution in [-0.4, -0.2) is 16.0 Å². The highest BCUT2D eigenvalue weighted by molar-refractivity contribution is 8.00. The maximum absolute atomic E-state index is 13.3. The summed E-state index contributed by atoms with van der Waals surface area (Å²) in [6.07, 6.45) is 0. The van der Waals surface area contributed by atoms with Gasteiger partial charge in [0.1, 0.15) is 5.25 Å². The van der Waals surface area contributed by atoms with Gasteiger partial charge in [-0.05, 0) is 42.6 Å². The van der Waals surface area contributed by atoms with Crippen LogP contribution in [0.1, 0.15) is 32.3 Å². The molecule has 0 N–H and O–H groups in total. The molecule has 2 aromatic carbocycles. The maximum Gasteiger partial charge on any atom is 0.277 e. The van der Waals surface area contributed by atoms with E-state index in [4.69, 9.17) is 4.42 Å². The van der Waals surface area contributed by atoms with Gasteiger partial charge in [0.25, 0.3) is 11.1 Å². The Labute approximate surface area is 171 Å². The van der Waals surface area contributed by atoms with Crippen molar-refractivity contribution in [2.24, 2.45) is 0 Å². The van der Waals surface area contributed by atoms with Crippen molar-refractivity contribution >= 4 is 28.9 Å². The van der Waals surface area contributed by atoms with Crippen molar-refractivity contribution in [1.29, 1.82) is 0 Å². The first-order valence-electron chi connectivity index (χ1n) is 8.81. The predicted octanol–water partition coefficient (Wildman–Crippen LogP) is 6.13. The summed E-state index contributed by atoms with van der Waals surface area (Å²) in [7, 11) is 0. The molecule has 1 unspecified atom stereocenters. The van der Waals surface area contributed by atoms with Crippen LogP contribution in [0.25, 0.3) is 10.8 Å². The Kier molecular flexibility index (Phi) is 5.41. The summed E-state index contributed by atoms with van der Waals surface area (Å²) in [6, 6.07) is 19.5. The van der Waals surface area contributed by atoms with Gasteiger partial charge < -0.3 is 4.42 Å². The zero-order valence-corrected chi connectivity index (χ0v) is 17.1. The normalized spacial score (nSPS) is 12.1. The molecule has 0 aliphatic carbocycles. The zero-order valence-electron chi connectivity index (χ0n) is 15.5. The van der Waals surface area contributed by atoms with E-state index in [-0.39, 0.29) is 5.78 Å². The minimum absolute atomic E-state index is 0.0183. The van der Waals surface area contributed by atoms with Crippen LogP contribution in [-0.2, 0) is 0 Å². The largest absolute Gasteiger partial charge is 0.410 e. The standard InChI is InChI=1S/C22H18N2O2S2/c1-14-5-9-16(10-6-14)19(25)20(17-11-7-15(2)8-12-17)28-22-24-23-21(26-22)18-4-3-13-27-18/h3-13,20H,1-2H3. The van der Waals surface area contributed by atoms with Crippen LogP contribution < -0.4 is 0 Å². The van der Waals surface area contributed by atoms with Crippen LogP contribution in [0.15, 0.2) is 75.7 Å². The first-order chi connectivity index (χ1) is 13.6. The number of aromatic nitrogens is 2. The second kappa shape index (κ2) is 8.12. The van der Waals surface area contributed by atoms with Gasteiger partial charge in [-0.15, -0.1) is 21.5 Å². The Bertz CT molecular complexity index is 1070. The van der Waals surface area contributed by atoms with E-state index in [2.05, 4.69) is 10.2 Å². The van der Waals surface area contributed by atoms with E-state index in [1.165, 1.54) is 23.1 Å². The number of ketones is 1. The quantitative estimate of drug-likeness (QED) is 0.285. The first kappa shape index (κ1) is 18.7. The lowest BCUT2D eigenvalue weighted by molar-refractivity contribution is 0.0989.